The second-order valence-corrected chi connectivity index (χ2v) is 6.28. The van der Waals surface area contributed by atoms with Crippen molar-refractivity contribution in [2.24, 2.45) is 0 Å². The molecule has 6 nitrogen and oxygen atoms in total. The molecule has 1 aliphatic heterocycles. The molecule has 2 aromatic rings. The molecule has 2 heterocycles. The molecule has 138 valence electrons. The van der Waals surface area contributed by atoms with E-state index in [0.29, 0.717) is 48.8 Å². The quantitative estimate of drug-likeness (QED) is 0.803. The predicted octanol–water partition coefficient (Wildman–Crippen LogP) is 3.15. The summed E-state index contributed by atoms with van der Waals surface area (Å²) in [5, 5.41) is 3.34. The molecule has 1 aromatic carbocycles. The van der Waals surface area contributed by atoms with Crippen molar-refractivity contribution in [1.82, 2.24) is 10.3 Å². The molecule has 0 unspecified atom stereocenters. The van der Waals surface area contributed by atoms with Gasteiger partial charge < -0.3 is 19.5 Å². The van der Waals surface area contributed by atoms with Gasteiger partial charge >= 0.3 is 0 Å². The summed E-state index contributed by atoms with van der Waals surface area (Å²) in [6.07, 6.45) is 2.77. The molecule has 26 heavy (non-hydrogen) atoms. The first kappa shape index (κ1) is 18.3. The molecular weight excluding hydrogens is 356 g/mol. The van der Waals surface area contributed by atoms with Crippen LogP contribution in [0.25, 0.3) is 0 Å². The van der Waals surface area contributed by atoms with Crippen molar-refractivity contribution in [2.45, 2.75) is 26.3 Å². The highest BCUT2D eigenvalue weighted by molar-refractivity contribution is 6.32. The van der Waals surface area contributed by atoms with Crippen LogP contribution in [0.5, 0.6) is 17.4 Å². The third-order valence-corrected chi connectivity index (χ3v) is 4.07. The molecule has 0 spiro atoms. The van der Waals surface area contributed by atoms with E-state index in [4.69, 9.17) is 25.8 Å². The Kier molecular flexibility index (Phi) is 6.17. The Balaban J connectivity index is 1.61. The van der Waals surface area contributed by atoms with Crippen LogP contribution in [-0.4, -0.2) is 30.7 Å². The van der Waals surface area contributed by atoms with Gasteiger partial charge in [-0.1, -0.05) is 24.6 Å². The van der Waals surface area contributed by atoms with E-state index in [1.165, 1.54) is 0 Å². The van der Waals surface area contributed by atoms with E-state index in [0.717, 1.165) is 17.5 Å². The number of nitrogens with one attached hydrogen (secondary N) is 1. The van der Waals surface area contributed by atoms with Gasteiger partial charge in [-0.15, -0.1) is 0 Å². The van der Waals surface area contributed by atoms with Crippen LogP contribution in [0, 0.1) is 0 Å². The summed E-state index contributed by atoms with van der Waals surface area (Å²) in [4.78, 5) is 16.5. The smallest absolute Gasteiger partial charge is 0.224 e. The fourth-order valence-corrected chi connectivity index (χ4v) is 2.88. The van der Waals surface area contributed by atoms with Crippen LogP contribution in [0.2, 0.25) is 5.02 Å². The normalized spacial score (nSPS) is 12.5. The first-order chi connectivity index (χ1) is 12.7. The standard InChI is InChI=1S/C19H21ClN2O4/c1-2-6-26-19-14(4-3-5-21-19)12-22-17(23)11-13-9-15(20)18-16(10-13)24-7-8-25-18/h3-5,9-10H,2,6-8,11-12H2,1H3,(H,22,23). The molecule has 0 fully saturated rings. The van der Waals surface area contributed by atoms with E-state index < -0.39 is 0 Å². The van der Waals surface area contributed by atoms with Crippen LogP contribution in [0.4, 0.5) is 0 Å². The maximum Gasteiger partial charge on any atom is 0.224 e. The Morgan fingerprint density at radius 1 is 1.35 bits per heavy atom. The lowest BCUT2D eigenvalue weighted by atomic mass is 10.1. The van der Waals surface area contributed by atoms with E-state index >= 15 is 0 Å². The van der Waals surface area contributed by atoms with Crippen LogP contribution >= 0.6 is 11.6 Å². The lowest BCUT2D eigenvalue weighted by molar-refractivity contribution is -0.120. The molecule has 1 aromatic heterocycles. The fraction of sp³-hybridized carbons (Fsp3) is 0.368. The molecule has 0 saturated heterocycles. The van der Waals surface area contributed by atoms with E-state index in [-0.39, 0.29) is 12.3 Å². The average molecular weight is 377 g/mol. The number of halogens is 1. The number of nitrogens with zero attached hydrogens (tertiary/aromatic N) is 1. The monoisotopic (exact) mass is 376 g/mol. The Labute approximate surface area is 157 Å². The molecule has 0 radical (unpaired) electrons. The Morgan fingerprint density at radius 2 is 2.19 bits per heavy atom. The van der Waals surface area contributed by atoms with E-state index in [9.17, 15) is 4.79 Å². The molecule has 0 atom stereocenters. The zero-order valence-corrected chi connectivity index (χ0v) is 15.3. The average Bonchev–Trinajstić information content (AvgIpc) is 2.65. The lowest BCUT2D eigenvalue weighted by Crippen LogP contribution is -2.25. The summed E-state index contributed by atoms with van der Waals surface area (Å²) in [6.45, 7) is 3.92. The maximum atomic E-state index is 12.3. The molecule has 1 amide bonds. The Bertz CT molecular complexity index is 782. The van der Waals surface area contributed by atoms with Gasteiger partial charge in [0, 0.05) is 18.3 Å². The lowest BCUT2D eigenvalue weighted by Gasteiger charge is -2.20. The number of hydrogen-bond acceptors (Lipinski definition) is 5. The van der Waals surface area contributed by atoms with Crippen molar-refractivity contribution in [1.29, 1.82) is 0 Å². The number of rotatable bonds is 7. The predicted molar refractivity (Wildman–Crippen MR) is 98.0 cm³/mol. The number of carbonyl (C=O) groups excluding carboxylic acids is 1. The first-order valence-corrected chi connectivity index (χ1v) is 8.96. The topological polar surface area (TPSA) is 69.7 Å². The first-order valence-electron chi connectivity index (χ1n) is 8.58. The van der Waals surface area contributed by atoms with Gasteiger partial charge in [-0.25, -0.2) is 4.98 Å². The number of aromatic nitrogens is 1. The van der Waals surface area contributed by atoms with Crippen LogP contribution in [-0.2, 0) is 17.8 Å². The number of benzene rings is 1. The molecule has 7 heteroatoms. The largest absolute Gasteiger partial charge is 0.486 e. The summed E-state index contributed by atoms with van der Waals surface area (Å²) < 4.78 is 16.6. The molecule has 1 N–H and O–H groups in total. The summed E-state index contributed by atoms with van der Waals surface area (Å²) in [5.41, 5.74) is 1.61. The Hall–Kier alpha value is -2.47. The second kappa shape index (κ2) is 8.76. The summed E-state index contributed by atoms with van der Waals surface area (Å²) in [6, 6.07) is 7.23. The van der Waals surface area contributed by atoms with Crippen LogP contribution in [0.15, 0.2) is 30.5 Å². The fourth-order valence-electron chi connectivity index (χ4n) is 2.60. The minimum atomic E-state index is -0.122. The van der Waals surface area contributed by atoms with Crippen molar-refractivity contribution in [3.8, 4) is 17.4 Å². The van der Waals surface area contributed by atoms with E-state index in [1.807, 2.05) is 19.1 Å². The highest BCUT2D eigenvalue weighted by Gasteiger charge is 2.17. The summed E-state index contributed by atoms with van der Waals surface area (Å²) in [5.74, 6) is 1.55. The van der Waals surface area contributed by atoms with Crippen molar-refractivity contribution >= 4 is 17.5 Å². The van der Waals surface area contributed by atoms with Gasteiger partial charge in [0.15, 0.2) is 11.5 Å². The maximum absolute atomic E-state index is 12.3. The number of amides is 1. The molecule has 1 aliphatic rings. The highest BCUT2D eigenvalue weighted by atomic mass is 35.5. The zero-order valence-electron chi connectivity index (χ0n) is 14.6. The molecular formula is C19H21ClN2O4. The third-order valence-electron chi connectivity index (χ3n) is 3.79. The number of fused-ring (bicyclic) bond motifs is 1. The van der Waals surface area contributed by atoms with Gasteiger partial charge in [0.1, 0.15) is 13.2 Å². The van der Waals surface area contributed by atoms with Crippen molar-refractivity contribution in [3.63, 3.8) is 0 Å². The second-order valence-electron chi connectivity index (χ2n) is 5.87. The minimum Gasteiger partial charge on any atom is -0.486 e. The number of pyridine rings is 1. The van der Waals surface area contributed by atoms with Crippen molar-refractivity contribution in [3.05, 3.63) is 46.6 Å². The number of carbonyl (C=O) groups is 1. The van der Waals surface area contributed by atoms with Gasteiger partial charge in [0.25, 0.3) is 0 Å². The minimum absolute atomic E-state index is 0.122. The SMILES string of the molecule is CCCOc1ncccc1CNC(=O)Cc1cc(Cl)c2c(c1)OCCO2. The van der Waals surface area contributed by atoms with Gasteiger partial charge in [-0.3, -0.25) is 4.79 Å². The van der Waals surface area contributed by atoms with Crippen molar-refractivity contribution < 1.29 is 19.0 Å². The van der Waals surface area contributed by atoms with Crippen LogP contribution < -0.4 is 19.5 Å². The summed E-state index contributed by atoms with van der Waals surface area (Å²) >= 11 is 6.21. The van der Waals surface area contributed by atoms with Crippen LogP contribution in [0.1, 0.15) is 24.5 Å². The van der Waals surface area contributed by atoms with E-state index in [2.05, 4.69) is 10.3 Å². The third kappa shape index (κ3) is 4.58. The zero-order chi connectivity index (χ0) is 18.4. The van der Waals surface area contributed by atoms with E-state index in [1.54, 1.807) is 18.3 Å². The molecule has 0 aliphatic carbocycles. The summed E-state index contributed by atoms with van der Waals surface area (Å²) in [7, 11) is 0. The molecule has 0 saturated carbocycles. The molecule has 3 rings (SSSR count). The number of hydrogen-bond donors (Lipinski definition) is 1. The highest BCUT2D eigenvalue weighted by Crippen LogP contribution is 2.38. The number of ether oxygens (including phenoxy) is 3. The van der Waals surface area contributed by atoms with Crippen molar-refractivity contribution in [2.75, 3.05) is 19.8 Å². The van der Waals surface area contributed by atoms with Crippen LogP contribution in [0.3, 0.4) is 0 Å². The van der Waals surface area contributed by atoms with Gasteiger partial charge in [0.2, 0.25) is 11.8 Å². The molecule has 0 bridgehead atoms. The van der Waals surface area contributed by atoms with Gasteiger partial charge in [0.05, 0.1) is 18.1 Å². The van der Waals surface area contributed by atoms with Gasteiger partial charge in [-0.05, 0) is 30.2 Å². The van der Waals surface area contributed by atoms with Gasteiger partial charge in [-0.2, -0.15) is 0 Å². The Morgan fingerprint density at radius 3 is 3.04 bits per heavy atom.